The van der Waals surface area contributed by atoms with Crippen LogP contribution in [0.3, 0.4) is 0 Å². The van der Waals surface area contributed by atoms with Gasteiger partial charge in [-0.2, -0.15) is 0 Å². The van der Waals surface area contributed by atoms with E-state index in [4.69, 9.17) is 5.73 Å². The molecule has 0 rings (SSSR count). The van der Waals surface area contributed by atoms with Gasteiger partial charge in [0.15, 0.2) is 0 Å². The fraction of sp³-hybridized carbons (Fsp3) is 1.00. The third-order valence-corrected chi connectivity index (χ3v) is 7.77. The van der Waals surface area contributed by atoms with Crippen molar-refractivity contribution in [2.45, 2.75) is 129 Å². The Hall–Kier alpha value is -0.0800. The maximum Gasteiger partial charge on any atom is 0.0628 e. The molecule has 0 bridgehead atoms. The summed E-state index contributed by atoms with van der Waals surface area (Å²) in [7, 11) is 0. The van der Waals surface area contributed by atoms with Crippen molar-refractivity contribution < 1.29 is 5.11 Å². The van der Waals surface area contributed by atoms with Crippen LogP contribution in [-0.4, -0.2) is 16.7 Å². The molecule has 0 aromatic carbocycles. The molecular weight excluding hydrogens is 354 g/mol. The molecule has 3 N–H and O–H groups in total. The van der Waals surface area contributed by atoms with E-state index < -0.39 is 11.6 Å². The van der Waals surface area contributed by atoms with Crippen LogP contribution < -0.4 is 5.73 Å². The van der Waals surface area contributed by atoms with Crippen molar-refractivity contribution in [3.63, 3.8) is 0 Å². The van der Waals surface area contributed by atoms with Gasteiger partial charge in [0, 0.05) is 11.0 Å². The smallest absolute Gasteiger partial charge is 0.0628 e. The minimum atomic E-state index is -0.513. The van der Waals surface area contributed by atoms with Gasteiger partial charge < -0.3 is 10.8 Å². The largest absolute Gasteiger partial charge is 0.392 e. The van der Waals surface area contributed by atoms with Gasteiger partial charge in [-0.3, -0.25) is 0 Å². The number of aliphatic hydroxyl groups excluding tert-OH is 1. The normalized spacial score (nSPS) is 19.9. The molecule has 0 aliphatic carbocycles. The first-order chi connectivity index (χ1) is 12.2. The Morgan fingerprint density at radius 3 is 1.00 bits per heavy atom. The molecule has 29 heavy (non-hydrogen) atoms. The molecule has 0 spiro atoms. The molecule has 0 heterocycles. The summed E-state index contributed by atoms with van der Waals surface area (Å²) in [5, 5.41) is 12.0. The molecule has 0 radical (unpaired) electrons. The van der Waals surface area contributed by atoms with Crippen molar-refractivity contribution >= 4 is 0 Å². The molecule has 3 atom stereocenters. The average Bonchev–Trinajstić information content (AvgIpc) is 2.35. The van der Waals surface area contributed by atoms with Crippen molar-refractivity contribution in [2.75, 3.05) is 0 Å². The van der Waals surface area contributed by atoms with Gasteiger partial charge in [-0.25, -0.2) is 0 Å². The van der Waals surface area contributed by atoms with Crippen LogP contribution in [0.5, 0.6) is 0 Å². The van der Waals surface area contributed by atoms with Crippen LogP contribution in [0.4, 0.5) is 0 Å². The second kappa shape index (κ2) is 7.80. The highest BCUT2D eigenvalue weighted by atomic mass is 16.3. The molecular formula is C27H57NO. The van der Waals surface area contributed by atoms with Crippen LogP contribution in [0, 0.1) is 44.3 Å². The maximum atomic E-state index is 12.0. The zero-order chi connectivity index (χ0) is 24.2. The van der Waals surface area contributed by atoms with E-state index in [1.54, 1.807) is 0 Å². The Bertz CT molecular complexity index is 526. The Morgan fingerprint density at radius 1 is 0.552 bits per heavy atom. The predicted molar refractivity (Wildman–Crippen MR) is 131 cm³/mol. The van der Waals surface area contributed by atoms with Gasteiger partial charge in [-0.15, -0.1) is 0 Å². The van der Waals surface area contributed by atoms with E-state index in [-0.39, 0.29) is 44.3 Å². The highest BCUT2D eigenvalue weighted by Crippen LogP contribution is 2.70. The van der Waals surface area contributed by atoms with Crippen LogP contribution >= 0.6 is 0 Å². The van der Waals surface area contributed by atoms with E-state index in [1.165, 1.54) is 0 Å². The SMILES string of the molecule is CC(C)C(N)(C(C)(C)C)C(C(C(O)C(C)(C)C)C(C)(C)C)(C(C)(C)C)C(C)(C)C. The van der Waals surface area contributed by atoms with Crippen molar-refractivity contribution in [3.05, 3.63) is 0 Å². The summed E-state index contributed by atoms with van der Waals surface area (Å²) < 4.78 is 0. The fourth-order valence-corrected chi connectivity index (χ4v) is 7.33. The van der Waals surface area contributed by atoms with E-state index >= 15 is 0 Å². The topological polar surface area (TPSA) is 46.2 Å². The zero-order valence-corrected chi connectivity index (χ0v) is 23.3. The van der Waals surface area contributed by atoms with E-state index in [9.17, 15) is 5.11 Å². The first-order valence-corrected chi connectivity index (χ1v) is 11.7. The molecule has 0 saturated carbocycles. The van der Waals surface area contributed by atoms with Crippen LogP contribution in [0.15, 0.2) is 0 Å². The third-order valence-electron chi connectivity index (χ3n) is 7.77. The summed E-state index contributed by atoms with van der Waals surface area (Å²) in [6.07, 6.45) is -0.482. The van der Waals surface area contributed by atoms with Crippen molar-refractivity contribution in [1.29, 1.82) is 0 Å². The number of rotatable bonds is 4. The average molecular weight is 412 g/mol. The molecule has 2 nitrogen and oxygen atoms in total. The number of hydrogen-bond acceptors (Lipinski definition) is 2. The lowest BCUT2D eigenvalue weighted by Crippen LogP contribution is -2.78. The molecule has 176 valence electrons. The van der Waals surface area contributed by atoms with Crippen molar-refractivity contribution in [2.24, 2.45) is 50.1 Å². The maximum absolute atomic E-state index is 12.0. The van der Waals surface area contributed by atoms with Gasteiger partial charge in [-0.1, -0.05) is 118 Å². The lowest BCUT2D eigenvalue weighted by atomic mass is 9.33. The quantitative estimate of drug-likeness (QED) is 0.502. The molecule has 0 aliphatic heterocycles. The second-order valence-electron chi connectivity index (χ2n) is 15.2. The summed E-state index contributed by atoms with van der Waals surface area (Å²) in [6, 6.07) is 0. The highest BCUT2D eigenvalue weighted by Gasteiger charge is 2.72. The van der Waals surface area contributed by atoms with Gasteiger partial charge in [0.1, 0.15) is 0 Å². The van der Waals surface area contributed by atoms with Gasteiger partial charge in [0.25, 0.3) is 0 Å². The Balaban J connectivity index is 7.96. The Kier molecular flexibility index (Phi) is 7.78. The van der Waals surface area contributed by atoms with Gasteiger partial charge in [0.05, 0.1) is 6.10 Å². The molecule has 0 saturated heterocycles. The number of aliphatic hydroxyl groups is 1. The van der Waals surface area contributed by atoms with E-state index in [0.29, 0.717) is 0 Å². The Labute approximate surface area is 184 Å². The van der Waals surface area contributed by atoms with Crippen LogP contribution in [-0.2, 0) is 0 Å². The zero-order valence-electron chi connectivity index (χ0n) is 23.3. The molecule has 0 amide bonds. The summed E-state index contributed by atoms with van der Waals surface area (Å²) in [5.41, 5.74) is 6.08. The molecule has 0 aromatic rings. The lowest BCUT2D eigenvalue weighted by Gasteiger charge is -2.73. The monoisotopic (exact) mass is 411 g/mol. The standard InChI is InChI=1S/C27H57NO/c1-18(2)27(28,25(15,16)17)26(23(9,10)11,24(12,13)14)19(21(3,4)5)20(29)22(6,7)8/h18-20,29H,28H2,1-17H3. The predicted octanol–water partition coefficient (Wildman–Crippen LogP) is 7.53. The molecule has 3 unspecified atom stereocenters. The van der Waals surface area contributed by atoms with Crippen LogP contribution in [0.1, 0.15) is 118 Å². The Morgan fingerprint density at radius 2 is 0.862 bits per heavy atom. The summed E-state index contributed by atoms with van der Waals surface area (Å²) in [6.45, 7) is 38.9. The number of nitrogens with two attached hydrogens (primary N) is 1. The highest BCUT2D eigenvalue weighted by molar-refractivity contribution is 5.23. The first kappa shape index (κ1) is 28.9. The van der Waals surface area contributed by atoms with E-state index in [1.807, 2.05) is 0 Å². The van der Waals surface area contributed by atoms with Gasteiger partial charge in [0.2, 0.25) is 0 Å². The molecule has 0 aliphatic rings. The van der Waals surface area contributed by atoms with Crippen molar-refractivity contribution in [1.82, 2.24) is 0 Å². The summed E-state index contributed by atoms with van der Waals surface area (Å²) in [4.78, 5) is 0. The number of hydrogen-bond donors (Lipinski definition) is 2. The molecule has 0 aromatic heterocycles. The van der Waals surface area contributed by atoms with E-state index in [2.05, 4.69) is 118 Å². The van der Waals surface area contributed by atoms with Crippen LogP contribution in [0.25, 0.3) is 0 Å². The van der Waals surface area contributed by atoms with Crippen LogP contribution in [0.2, 0.25) is 0 Å². The molecule has 0 fully saturated rings. The lowest BCUT2D eigenvalue weighted by molar-refractivity contribution is -0.249. The summed E-state index contributed by atoms with van der Waals surface area (Å²) >= 11 is 0. The van der Waals surface area contributed by atoms with Gasteiger partial charge in [-0.05, 0) is 38.9 Å². The first-order valence-electron chi connectivity index (χ1n) is 11.7. The minimum Gasteiger partial charge on any atom is -0.392 e. The fourth-order valence-electron chi connectivity index (χ4n) is 7.33. The van der Waals surface area contributed by atoms with Crippen molar-refractivity contribution in [3.8, 4) is 0 Å². The van der Waals surface area contributed by atoms with E-state index in [0.717, 1.165) is 0 Å². The summed E-state index contributed by atoms with van der Waals surface area (Å²) in [5.74, 6) is 0.250. The molecule has 2 heteroatoms. The van der Waals surface area contributed by atoms with Gasteiger partial charge >= 0.3 is 0 Å². The third kappa shape index (κ3) is 4.59. The second-order valence-corrected chi connectivity index (χ2v) is 15.2. The minimum absolute atomic E-state index is 0.00150.